The highest BCUT2D eigenvalue weighted by Gasteiger charge is 2.30. The summed E-state index contributed by atoms with van der Waals surface area (Å²) in [5.74, 6) is 0.209. The summed E-state index contributed by atoms with van der Waals surface area (Å²) >= 11 is 0. The van der Waals surface area contributed by atoms with E-state index in [1.807, 2.05) is 48.9 Å². The number of fused-ring (bicyclic) bond motifs is 1. The summed E-state index contributed by atoms with van der Waals surface area (Å²) in [7, 11) is 1.91. The predicted octanol–water partition coefficient (Wildman–Crippen LogP) is 4.26. The molecule has 0 radical (unpaired) electrons. The Hall–Kier alpha value is -3.41. The second-order valence-corrected chi connectivity index (χ2v) is 7.98. The number of aromatic amines is 1. The Labute approximate surface area is 175 Å². The lowest BCUT2D eigenvalue weighted by atomic mass is 10.1. The lowest BCUT2D eigenvalue weighted by Gasteiger charge is -2.24. The van der Waals surface area contributed by atoms with E-state index in [4.69, 9.17) is 4.98 Å². The molecule has 1 N–H and O–H groups in total. The summed E-state index contributed by atoms with van der Waals surface area (Å²) in [5, 5.41) is 5.43. The number of H-pyrrole nitrogens is 1. The molecule has 3 aromatic heterocycles. The first kappa shape index (κ1) is 18.6. The average molecular weight is 399 g/mol. The van der Waals surface area contributed by atoms with Crippen LogP contribution in [-0.4, -0.2) is 37.1 Å². The summed E-state index contributed by atoms with van der Waals surface area (Å²) in [6.45, 7) is 0.809. The molecular formula is C24H25N5O. The number of aryl methyl sites for hydroxylation is 2. The van der Waals surface area contributed by atoms with E-state index >= 15 is 0 Å². The van der Waals surface area contributed by atoms with Crippen LogP contribution in [0.3, 0.4) is 0 Å². The Balaban J connectivity index is 1.28. The van der Waals surface area contributed by atoms with Gasteiger partial charge in [0.2, 0.25) is 5.91 Å². The minimum absolute atomic E-state index is 0.0726. The number of carbonyl (C=O) groups is 1. The topological polar surface area (TPSA) is 66.8 Å². The Morgan fingerprint density at radius 2 is 2.07 bits per heavy atom. The van der Waals surface area contributed by atoms with E-state index < -0.39 is 0 Å². The highest BCUT2D eigenvalue weighted by Crippen LogP contribution is 2.32. The van der Waals surface area contributed by atoms with Crippen LogP contribution in [0.15, 0.2) is 61.2 Å². The highest BCUT2D eigenvalue weighted by molar-refractivity contribution is 5.84. The minimum Gasteiger partial charge on any atom is -0.361 e. The van der Waals surface area contributed by atoms with Gasteiger partial charge in [0.05, 0.1) is 17.9 Å². The molecule has 0 unspecified atom stereocenters. The van der Waals surface area contributed by atoms with Crippen molar-refractivity contribution in [2.24, 2.45) is 7.05 Å². The Morgan fingerprint density at radius 3 is 2.87 bits per heavy atom. The number of aromatic nitrogens is 4. The second kappa shape index (κ2) is 7.78. The largest absolute Gasteiger partial charge is 0.361 e. The summed E-state index contributed by atoms with van der Waals surface area (Å²) in [6, 6.07) is 12.4. The second-order valence-electron chi connectivity index (χ2n) is 7.98. The number of amides is 1. The van der Waals surface area contributed by atoms with E-state index in [0.717, 1.165) is 48.1 Å². The maximum absolute atomic E-state index is 13.0. The number of para-hydroxylation sites is 1. The molecule has 4 heterocycles. The zero-order valence-corrected chi connectivity index (χ0v) is 17.1. The zero-order chi connectivity index (χ0) is 20.5. The van der Waals surface area contributed by atoms with Crippen LogP contribution in [0.1, 0.15) is 36.6 Å². The number of likely N-dealkylation sites (tertiary alicyclic amines) is 1. The van der Waals surface area contributed by atoms with Crippen molar-refractivity contribution in [2.75, 3.05) is 6.54 Å². The van der Waals surface area contributed by atoms with Crippen molar-refractivity contribution >= 4 is 16.8 Å². The van der Waals surface area contributed by atoms with Gasteiger partial charge < -0.3 is 9.88 Å². The van der Waals surface area contributed by atoms with Crippen LogP contribution in [0.4, 0.5) is 0 Å². The number of carbonyl (C=O) groups excluding carboxylic acids is 1. The molecular weight excluding hydrogens is 374 g/mol. The van der Waals surface area contributed by atoms with Crippen molar-refractivity contribution < 1.29 is 4.79 Å². The molecule has 1 amide bonds. The van der Waals surface area contributed by atoms with E-state index in [2.05, 4.69) is 34.3 Å². The van der Waals surface area contributed by atoms with Crippen molar-refractivity contribution in [3.8, 4) is 11.1 Å². The molecule has 0 saturated carbocycles. The fourth-order valence-corrected chi connectivity index (χ4v) is 4.44. The maximum Gasteiger partial charge on any atom is 0.223 e. The number of hydrogen-bond donors (Lipinski definition) is 1. The Bertz CT molecular complexity index is 1170. The summed E-state index contributed by atoms with van der Waals surface area (Å²) in [4.78, 5) is 23.0. The van der Waals surface area contributed by atoms with E-state index in [1.54, 1.807) is 4.68 Å². The van der Waals surface area contributed by atoms with Gasteiger partial charge in [-0.15, -0.1) is 0 Å². The number of nitrogens with one attached hydrogen (secondary N) is 1. The molecule has 1 atom stereocenters. The highest BCUT2D eigenvalue weighted by atomic mass is 16.2. The smallest absolute Gasteiger partial charge is 0.223 e. The van der Waals surface area contributed by atoms with Crippen LogP contribution >= 0.6 is 0 Å². The van der Waals surface area contributed by atoms with Gasteiger partial charge in [0.15, 0.2) is 0 Å². The number of pyridine rings is 1. The van der Waals surface area contributed by atoms with Gasteiger partial charge in [-0.1, -0.05) is 24.3 Å². The van der Waals surface area contributed by atoms with Crippen molar-refractivity contribution in [1.82, 2.24) is 24.6 Å². The van der Waals surface area contributed by atoms with Gasteiger partial charge in [0, 0.05) is 60.6 Å². The molecule has 1 aliphatic heterocycles. The number of hydrogen-bond acceptors (Lipinski definition) is 3. The van der Waals surface area contributed by atoms with Gasteiger partial charge in [-0.05, 0) is 37.0 Å². The van der Waals surface area contributed by atoms with Crippen LogP contribution in [0.25, 0.3) is 22.0 Å². The van der Waals surface area contributed by atoms with Gasteiger partial charge >= 0.3 is 0 Å². The molecule has 6 heteroatoms. The third kappa shape index (κ3) is 3.49. The van der Waals surface area contributed by atoms with Crippen LogP contribution in [0.2, 0.25) is 0 Å². The van der Waals surface area contributed by atoms with E-state index in [-0.39, 0.29) is 11.9 Å². The van der Waals surface area contributed by atoms with Crippen LogP contribution in [0.5, 0.6) is 0 Å². The van der Waals surface area contributed by atoms with Gasteiger partial charge in [-0.3, -0.25) is 14.5 Å². The SMILES string of the molecule is Cn1cc(-c2ccc([C@H]3CCCN3C(=O)CCc3c[nH]c4ccccc34)nc2)cn1. The summed E-state index contributed by atoms with van der Waals surface area (Å²) in [5.41, 5.74) is 5.39. The van der Waals surface area contributed by atoms with E-state index in [1.165, 1.54) is 10.9 Å². The summed E-state index contributed by atoms with van der Waals surface area (Å²) < 4.78 is 1.79. The molecule has 4 aromatic rings. The van der Waals surface area contributed by atoms with Gasteiger partial charge in [-0.2, -0.15) is 5.10 Å². The molecule has 0 spiro atoms. The third-order valence-corrected chi connectivity index (χ3v) is 6.02. The predicted molar refractivity (Wildman–Crippen MR) is 117 cm³/mol. The minimum atomic E-state index is 0.0726. The van der Waals surface area contributed by atoms with Crippen LogP contribution in [0, 0.1) is 0 Å². The quantitative estimate of drug-likeness (QED) is 0.545. The number of rotatable bonds is 5. The maximum atomic E-state index is 13.0. The zero-order valence-electron chi connectivity index (χ0n) is 17.1. The van der Waals surface area contributed by atoms with E-state index in [9.17, 15) is 4.79 Å². The van der Waals surface area contributed by atoms with Crippen molar-refractivity contribution in [3.05, 3.63) is 72.4 Å². The van der Waals surface area contributed by atoms with E-state index in [0.29, 0.717) is 6.42 Å². The van der Waals surface area contributed by atoms with Gasteiger partial charge in [-0.25, -0.2) is 0 Å². The fourth-order valence-electron chi connectivity index (χ4n) is 4.44. The lowest BCUT2D eigenvalue weighted by Crippen LogP contribution is -2.31. The first-order valence-corrected chi connectivity index (χ1v) is 10.5. The van der Waals surface area contributed by atoms with Crippen LogP contribution < -0.4 is 0 Å². The molecule has 152 valence electrons. The fraction of sp³-hybridized carbons (Fsp3) is 0.292. The van der Waals surface area contributed by atoms with Crippen LogP contribution in [-0.2, 0) is 18.3 Å². The Morgan fingerprint density at radius 1 is 1.17 bits per heavy atom. The van der Waals surface area contributed by atoms with Crippen molar-refractivity contribution in [2.45, 2.75) is 31.7 Å². The molecule has 1 fully saturated rings. The molecule has 0 aliphatic carbocycles. The molecule has 0 bridgehead atoms. The molecule has 30 heavy (non-hydrogen) atoms. The average Bonchev–Trinajstić information content (AvgIpc) is 3.52. The first-order valence-electron chi connectivity index (χ1n) is 10.5. The number of benzene rings is 1. The Kier molecular flexibility index (Phi) is 4.83. The monoisotopic (exact) mass is 399 g/mol. The molecule has 1 aromatic carbocycles. The molecule has 6 nitrogen and oxygen atoms in total. The molecule has 5 rings (SSSR count). The number of nitrogens with zero attached hydrogens (tertiary/aromatic N) is 4. The third-order valence-electron chi connectivity index (χ3n) is 6.02. The molecule has 1 saturated heterocycles. The first-order chi connectivity index (χ1) is 14.7. The standard InChI is InChI=1S/C24H25N5O/c1-28-16-19(15-27-28)17-8-10-22(26-13-17)23-7-4-12-29(23)24(30)11-9-18-14-25-21-6-3-2-5-20(18)21/h2-3,5-6,8,10,13-16,23,25H,4,7,9,11-12H2,1H3/t23-/m1/s1. The summed E-state index contributed by atoms with van der Waals surface area (Å²) in [6.07, 6.45) is 11.0. The lowest BCUT2D eigenvalue weighted by molar-refractivity contribution is -0.132. The van der Waals surface area contributed by atoms with Gasteiger partial charge in [0.25, 0.3) is 0 Å². The van der Waals surface area contributed by atoms with Crippen molar-refractivity contribution in [1.29, 1.82) is 0 Å². The van der Waals surface area contributed by atoms with Crippen molar-refractivity contribution in [3.63, 3.8) is 0 Å². The van der Waals surface area contributed by atoms with Gasteiger partial charge in [0.1, 0.15) is 0 Å². The molecule has 1 aliphatic rings. The normalized spacial score (nSPS) is 16.4.